The molecule has 2 aromatic heterocycles. The Bertz CT molecular complexity index is 599. The smallest absolute Gasteiger partial charge is 0.339 e. The molecule has 2 aromatic rings. The molecule has 0 aliphatic carbocycles. The van der Waals surface area contributed by atoms with Crippen LogP contribution in [0.3, 0.4) is 0 Å². The van der Waals surface area contributed by atoms with Gasteiger partial charge in [0, 0.05) is 18.4 Å². The number of carboxylic acid groups (broad SMARTS) is 1. The summed E-state index contributed by atoms with van der Waals surface area (Å²) in [5, 5.41) is 11.8. The molecule has 0 aliphatic heterocycles. The number of nitrogens with zero attached hydrogens (tertiary/aromatic N) is 2. The minimum absolute atomic E-state index is 0.134. The second-order valence-electron chi connectivity index (χ2n) is 4.02. The van der Waals surface area contributed by atoms with Gasteiger partial charge in [0.2, 0.25) is 0 Å². The fourth-order valence-electron chi connectivity index (χ4n) is 1.53. The van der Waals surface area contributed by atoms with Crippen molar-refractivity contribution in [1.29, 1.82) is 0 Å². The maximum atomic E-state index is 13.0. The van der Waals surface area contributed by atoms with Gasteiger partial charge in [-0.1, -0.05) is 6.07 Å². The van der Waals surface area contributed by atoms with Gasteiger partial charge >= 0.3 is 5.97 Å². The van der Waals surface area contributed by atoms with Gasteiger partial charge in [-0.25, -0.2) is 14.2 Å². The predicted molar refractivity (Wildman–Crippen MR) is 67.5 cm³/mol. The first-order valence-corrected chi connectivity index (χ1v) is 5.60. The molecule has 0 bridgehead atoms. The van der Waals surface area contributed by atoms with Gasteiger partial charge in [0.15, 0.2) is 0 Å². The van der Waals surface area contributed by atoms with Crippen molar-refractivity contribution in [3.05, 3.63) is 53.2 Å². The fourth-order valence-corrected chi connectivity index (χ4v) is 1.53. The molecule has 2 heterocycles. The highest BCUT2D eigenvalue weighted by Gasteiger charge is 2.12. The summed E-state index contributed by atoms with van der Waals surface area (Å²) in [4.78, 5) is 18.8. The summed E-state index contributed by atoms with van der Waals surface area (Å²) in [6.45, 7) is 2.24. The zero-order chi connectivity index (χ0) is 13.8. The highest BCUT2D eigenvalue weighted by Crippen LogP contribution is 2.14. The normalized spacial score (nSPS) is 10.2. The number of aryl methyl sites for hydroxylation is 1. The molecule has 0 radical (unpaired) electrons. The number of halogens is 1. The molecule has 0 aliphatic rings. The lowest BCUT2D eigenvalue weighted by Gasteiger charge is -2.08. The highest BCUT2D eigenvalue weighted by molar-refractivity contribution is 5.93. The molecule has 0 saturated carbocycles. The van der Waals surface area contributed by atoms with Crippen LogP contribution >= 0.6 is 0 Å². The Balaban J connectivity index is 2.15. The standard InChI is InChI=1S/C13H12FN3O2/c1-8-2-3-9(5-15-8)6-16-12-11(13(18)19)4-10(14)7-17-12/h2-5,7H,6H2,1H3,(H,16,17)(H,18,19). The molecule has 0 saturated heterocycles. The van der Waals surface area contributed by atoms with E-state index in [1.807, 2.05) is 19.1 Å². The Morgan fingerprint density at radius 1 is 1.37 bits per heavy atom. The topological polar surface area (TPSA) is 75.1 Å². The zero-order valence-electron chi connectivity index (χ0n) is 10.2. The minimum atomic E-state index is -1.23. The average Bonchev–Trinajstić information content (AvgIpc) is 2.39. The van der Waals surface area contributed by atoms with Gasteiger partial charge < -0.3 is 10.4 Å². The van der Waals surface area contributed by atoms with Gasteiger partial charge in [0.25, 0.3) is 0 Å². The van der Waals surface area contributed by atoms with Crippen molar-refractivity contribution in [3.8, 4) is 0 Å². The van der Waals surface area contributed by atoms with Crippen LogP contribution in [0.4, 0.5) is 10.2 Å². The lowest BCUT2D eigenvalue weighted by atomic mass is 10.2. The Morgan fingerprint density at radius 3 is 2.79 bits per heavy atom. The number of carbonyl (C=O) groups is 1. The number of hydrogen-bond acceptors (Lipinski definition) is 4. The van der Waals surface area contributed by atoms with Crippen molar-refractivity contribution in [2.45, 2.75) is 13.5 Å². The molecule has 0 atom stereocenters. The molecule has 19 heavy (non-hydrogen) atoms. The van der Waals surface area contributed by atoms with E-state index in [0.717, 1.165) is 23.5 Å². The number of anilines is 1. The van der Waals surface area contributed by atoms with Crippen LogP contribution in [0.15, 0.2) is 30.6 Å². The fraction of sp³-hybridized carbons (Fsp3) is 0.154. The van der Waals surface area contributed by atoms with Crippen molar-refractivity contribution in [2.75, 3.05) is 5.32 Å². The van der Waals surface area contributed by atoms with E-state index in [-0.39, 0.29) is 11.4 Å². The molecule has 5 nitrogen and oxygen atoms in total. The van der Waals surface area contributed by atoms with Crippen LogP contribution in [0, 0.1) is 12.7 Å². The third-order valence-corrected chi connectivity index (χ3v) is 2.52. The predicted octanol–water partition coefficient (Wildman–Crippen LogP) is 2.23. The molecule has 0 spiro atoms. The molecule has 98 valence electrons. The van der Waals surface area contributed by atoms with Gasteiger partial charge in [-0.15, -0.1) is 0 Å². The lowest BCUT2D eigenvalue weighted by molar-refractivity contribution is 0.0697. The van der Waals surface area contributed by atoms with Crippen LogP contribution in [-0.4, -0.2) is 21.0 Å². The number of carboxylic acids is 1. The lowest BCUT2D eigenvalue weighted by Crippen LogP contribution is -2.09. The number of nitrogens with one attached hydrogen (secondary N) is 1. The van der Waals surface area contributed by atoms with Crippen molar-refractivity contribution >= 4 is 11.8 Å². The molecule has 2 N–H and O–H groups in total. The molecule has 0 amide bonds. The molecule has 2 rings (SSSR count). The summed E-state index contributed by atoms with van der Waals surface area (Å²) in [7, 11) is 0. The van der Waals surface area contributed by atoms with E-state index in [9.17, 15) is 9.18 Å². The molecule has 6 heteroatoms. The van der Waals surface area contributed by atoms with E-state index in [1.54, 1.807) is 6.20 Å². The first kappa shape index (κ1) is 12.9. The highest BCUT2D eigenvalue weighted by atomic mass is 19.1. The third-order valence-electron chi connectivity index (χ3n) is 2.52. The van der Waals surface area contributed by atoms with Crippen LogP contribution in [0.1, 0.15) is 21.6 Å². The second kappa shape index (κ2) is 5.43. The number of hydrogen-bond donors (Lipinski definition) is 2. The van der Waals surface area contributed by atoms with E-state index in [4.69, 9.17) is 5.11 Å². The Morgan fingerprint density at radius 2 is 2.16 bits per heavy atom. The first-order chi connectivity index (χ1) is 9.06. The quantitative estimate of drug-likeness (QED) is 0.882. The molecule has 0 aromatic carbocycles. The van der Waals surface area contributed by atoms with Gasteiger partial charge in [-0.2, -0.15) is 0 Å². The van der Waals surface area contributed by atoms with Gasteiger partial charge in [0.1, 0.15) is 17.2 Å². The van der Waals surface area contributed by atoms with Gasteiger partial charge in [-0.05, 0) is 24.6 Å². The van der Waals surface area contributed by atoms with Crippen LogP contribution in [0.5, 0.6) is 0 Å². The van der Waals surface area contributed by atoms with E-state index in [1.165, 1.54) is 0 Å². The minimum Gasteiger partial charge on any atom is -0.478 e. The van der Waals surface area contributed by atoms with Crippen molar-refractivity contribution in [3.63, 3.8) is 0 Å². The van der Waals surface area contributed by atoms with Crippen LogP contribution in [0.25, 0.3) is 0 Å². The number of rotatable bonds is 4. The van der Waals surface area contributed by atoms with E-state index in [0.29, 0.717) is 6.54 Å². The summed E-state index contributed by atoms with van der Waals surface area (Å²) in [6.07, 6.45) is 2.66. The van der Waals surface area contributed by atoms with Crippen molar-refractivity contribution in [2.24, 2.45) is 0 Å². The number of pyridine rings is 2. The largest absolute Gasteiger partial charge is 0.478 e. The van der Waals surface area contributed by atoms with E-state index in [2.05, 4.69) is 15.3 Å². The van der Waals surface area contributed by atoms with Gasteiger partial charge in [-0.3, -0.25) is 4.98 Å². The van der Waals surface area contributed by atoms with Crippen LogP contribution < -0.4 is 5.32 Å². The third kappa shape index (κ3) is 3.25. The van der Waals surface area contributed by atoms with Gasteiger partial charge in [0.05, 0.1) is 6.20 Å². The first-order valence-electron chi connectivity index (χ1n) is 5.60. The summed E-state index contributed by atoms with van der Waals surface area (Å²) in [5.74, 6) is -1.77. The average molecular weight is 261 g/mol. The molecular weight excluding hydrogens is 249 g/mol. The van der Waals surface area contributed by atoms with Crippen molar-refractivity contribution < 1.29 is 14.3 Å². The monoisotopic (exact) mass is 261 g/mol. The summed E-state index contributed by atoms with van der Waals surface area (Å²) >= 11 is 0. The SMILES string of the molecule is Cc1ccc(CNc2ncc(F)cc2C(=O)O)cn1. The Kier molecular flexibility index (Phi) is 3.70. The van der Waals surface area contributed by atoms with Crippen LogP contribution in [0.2, 0.25) is 0 Å². The maximum absolute atomic E-state index is 13.0. The molecular formula is C13H12FN3O2. The molecule has 0 unspecified atom stereocenters. The number of aromatic nitrogens is 2. The zero-order valence-corrected chi connectivity index (χ0v) is 10.2. The summed E-state index contributed by atoms with van der Waals surface area (Å²) in [5.41, 5.74) is 1.59. The summed E-state index contributed by atoms with van der Waals surface area (Å²) < 4.78 is 13.0. The van der Waals surface area contributed by atoms with Crippen molar-refractivity contribution in [1.82, 2.24) is 9.97 Å². The Labute approximate surface area is 109 Å². The van der Waals surface area contributed by atoms with Crippen LogP contribution in [-0.2, 0) is 6.54 Å². The molecule has 0 fully saturated rings. The second-order valence-corrected chi connectivity index (χ2v) is 4.02. The maximum Gasteiger partial charge on any atom is 0.339 e. The number of aromatic carboxylic acids is 1. The van der Waals surface area contributed by atoms with E-state index >= 15 is 0 Å². The summed E-state index contributed by atoms with van der Waals surface area (Å²) in [6, 6.07) is 4.66. The van der Waals surface area contributed by atoms with E-state index < -0.39 is 11.8 Å². The Hall–Kier alpha value is -2.50.